The molecule has 1 saturated heterocycles. The molecule has 0 saturated carbocycles. The van der Waals surface area contributed by atoms with Crippen molar-refractivity contribution in [1.82, 2.24) is 4.90 Å². The Morgan fingerprint density at radius 1 is 1.17 bits per heavy atom. The van der Waals surface area contributed by atoms with E-state index in [-0.39, 0.29) is 0 Å². The third-order valence-electron chi connectivity index (χ3n) is 3.59. The molecule has 0 aliphatic carbocycles. The molecule has 0 unspecified atom stereocenters. The van der Waals surface area contributed by atoms with Gasteiger partial charge in [-0.2, -0.15) is 11.8 Å². The highest BCUT2D eigenvalue weighted by atomic mass is 32.2. The molecular weight excluding hydrogens is 240 g/mol. The summed E-state index contributed by atoms with van der Waals surface area (Å²) in [5, 5.41) is 0. The van der Waals surface area contributed by atoms with E-state index < -0.39 is 0 Å². The summed E-state index contributed by atoms with van der Waals surface area (Å²) in [5.74, 6) is 2.64. The molecule has 1 aliphatic heterocycles. The smallest absolute Gasteiger partial charge is 0.0236 e. The van der Waals surface area contributed by atoms with Crippen molar-refractivity contribution in [3.05, 3.63) is 35.9 Å². The van der Waals surface area contributed by atoms with Crippen LogP contribution in [0, 0.1) is 0 Å². The molecule has 2 rings (SSSR count). The lowest BCUT2D eigenvalue weighted by molar-refractivity contribution is 0.175. The van der Waals surface area contributed by atoms with Crippen molar-refractivity contribution in [3.63, 3.8) is 0 Å². The van der Waals surface area contributed by atoms with E-state index in [1.165, 1.54) is 29.9 Å². The molecule has 0 spiro atoms. The maximum Gasteiger partial charge on any atom is 0.0236 e. The van der Waals surface area contributed by atoms with Crippen LogP contribution in [0.3, 0.4) is 0 Å². The molecule has 1 aliphatic rings. The van der Waals surface area contributed by atoms with E-state index in [9.17, 15) is 0 Å². The quantitative estimate of drug-likeness (QED) is 0.856. The van der Waals surface area contributed by atoms with E-state index in [0.29, 0.717) is 0 Å². The number of nitrogens with zero attached hydrogens (tertiary/aromatic N) is 1. The Kier molecular flexibility index (Phi) is 6.05. The SMILES string of the molecule is NCCCN(Cc1ccccc1)C1CCSCC1. The van der Waals surface area contributed by atoms with Gasteiger partial charge in [-0.15, -0.1) is 0 Å². The first-order valence-electron chi connectivity index (χ1n) is 6.96. The van der Waals surface area contributed by atoms with Crippen LogP contribution in [0.5, 0.6) is 0 Å². The Labute approximate surface area is 115 Å². The van der Waals surface area contributed by atoms with Gasteiger partial charge in [-0.25, -0.2) is 0 Å². The average molecular weight is 264 g/mol. The zero-order valence-electron chi connectivity index (χ0n) is 11.1. The molecule has 0 bridgehead atoms. The minimum absolute atomic E-state index is 0.762. The van der Waals surface area contributed by atoms with Crippen LogP contribution in [0.1, 0.15) is 24.8 Å². The summed E-state index contributed by atoms with van der Waals surface area (Å²) < 4.78 is 0. The van der Waals surface area contributed by atoms with Crippen molar-refractivity contribution in [3.8, 4) is 0 Å². The van der Waals surface area contributed by atoms with Gasteiger partial charge in [0.1, 0.15) is 0 Å². The summed E-state index contributed by atoms with van der Waals surface area (Å²) in [5.41, 5.74) is 7.09. The molecule has 3 heteroatoms. The summed E-state index contributed by atoms with van der Waals surface area (Å²) in [6.45, 7) is 3.02. The molecule has 2 nitrogen and oxygen atoms in total. The number of hydrogen-bond donors (Lipinski definition) is 1. The second-order valence-corrected chi connectivity index (χ2v) is 6.17. The Balaban J connectivity index is 1.95. The molecule has 1 fully saturated rings. The zero-order chi connectivity index (χ0) is 12.6. The standard InChI is InChI=1S/C15H24N2S/c16-9-4-10-17(15-7-11-18-12-8-15)13-14-5-2-1-3-6-14/h1-3,5-6,15H,4,7-13,16H2. The largest absolute Gasteiger partial charge is 0.330 e. The lowest BCUT2D eigenvalue weighted by Gasteiger charge is -2.34. The van der Waals surface area contributed by atoms with Crippen LogP contribution < -0.4 is 5.73 Å². The first-order valence-corrected chi connectivity index (χ1v) is 8.11. The number of benzene rings is 1. The molecule has 1 aromatic carbocycles. The van der Waals surface area contributed by atoms with Crippen LogP contribution in [0.15, 0.2) is 30.3 Å². The fraction of sp³-hybridized carbons (Fsp3) is 0.600. The van der Waals surface area contributed by atoms with Gasteiger partial charge in [0, 0.05) is 12.6 Å². The van der Waals surface area contributed by atoms with Gasteiger partial charge in [0.2, 0.25) is 0 Å². The number of nitrogens with two attached hydrogens (primary N) is 1. The highest BCUT2D eigenvalue weighted by Crippen LogP contribution is 2.23. The normalized spacial score (nSPS) is 17.2. The Bertz CT molecular complexity index is 323. The van der Waals surface area contributed by atoms with E-state index in [4.69, 9.17) is 5.73 Å². The van der Waals surface area contributed by atoms with Crippen LogP contribution in [-0.4, -0.2) is 35.5 Å². The topological polar surface area (TPSA) is 29.3 Å². The predicted molar refractivity (Wildman–Crippen MR) is 80.9 cm³/mol. The molecule has 1 aromatic rings. The van der Waals surface area contributed by atoms with Crippen LogP contribution >= 0.6 is 11.8 Å². The third-order valence-corrected chi connectivity index (χ3v) is 4.63. The van der Waals surface area contributed by atoms with Crippen molar-refractivity contribution in [2.45, 2.75) is 31.8 Å². The Morgan fingerprint density at radius 2 is 1.89 bits per heavy atom. The fourth-order valence-electron chi connectivity index (χ4n) is 2.55. The molecule has 1 heterocycles. The van der Waals surface area contributed by atoms with Crippen LogP contribution in [0.2, 0.25) is 0 Å². The lowest BCUT2D eigenvalue weighted by atomic mass is 10.1. The van der Waals surface area contributed by atoms with Crippen molar-refractivity contribution < 1.29 is 0 Å². The fourth-order valence-corrected chi connectivity index (χ4v) is 3.63. The van der Waals surface area contributed by atoms with Gasteiger partial charge in [-0.1, -0.05) is 30.3 Å². The molecule has 0 aromatic heterocycles. The number of hydrogen-bond acceptors (Lipinski definition) is 3. The van der Waals surface area contributed by atoms with Gasteiger partial charge in [-0.3, -0.25) is 4.90 Å². The molecule has 0 atom stereocenters. The van der Waals surface area contributed by atoms with E-state index in [0.717, 1.165) is 32.1 Å². The monoisotopic (exact) mass is 264 g/mol. The Morgan fingerprint density at radius 3 is 2.56 bits per heavy atom. The van der Waals surface area contributed by atoms with Gasteiger partial charge in [-0.05, 0) is 49.4 Å². The summed E-state index contributed by atoms with van der Waals surface area (Å²) in [7, 11) is 0. The van der Waals surface area contributed by atoms with Crippen LogP contribution in [0.25, 0.3) is 0 Å². The maximum absolute atomic E-state index is 5.67. The molecule has 18 heavy (non-hydrogen) atoms. The highest BCUT2D eigenvalue weighted by molar-refractivity contribution is 7.99. The minimum Gasteiger partial charge on any atom is -0.330 e. The summed E-state index contributed by atoms with van der Waals surface area (Å²) in [6.07, 6.45) is 3.78. The maximum atomic E-state index is 5.67. The average Bonchev–Trinajstić information content (AvgIpc) is 2.45. The van der Waals surface area contributed by atoms with Crippen LogP contribution in [-0.2, 0) is 6.54 Å². The minimum atomic E-state index is 0.762. The first-order chi connectivity index (χ1) is 8.90. The second kappa shape index (κ2) is 7.82. The van der Waals surface area contributed by atoms with Crippen LogP contribution in [0.4, 0.5) is 0 Å². The zero-order valence-corrected chi connectivity index (χ0v) is 11.9. The highest BCUT2D eigenvalue weighted by Gasteiger charge is 2.20. The number of thioether (sulfide) groups is 1. The summed E-state index contributed by atoms with van der Waals surface area (Å²) in [6, 6.07) is 11.6. The van der Waals surface area contributed by atoms with Gasteiger partial charge in [0.15, 0.2) is 0 Å². The van der Waals surface area contributed by atoms with Crippen molar-refractivity contribution in [1.29, 1.82) is 0 Å². The van der Waals surface area contributed by atoms with Crippen molar-refractivity contribution in [2.24, 2.45) is 5.73 Å². The first kappa shape index (κ1) is 13.9. The van der Waals surface area contributed by atoms with Gasteiger partial charge < -0.3 is 5.73 Å². The molecule has 100 valence electrons. The van der Waals surface area contributed by atoms with E-state index >= 15 is 0 Å². The predicted octanol–water partition coefficient (Wildman–Crippen LogP) is 2.73. The molecule has 0 radical (unpaired) electrons. The summed E-state index contributed by atoms with van der Waals surface area (Å²) in [4.78, 5) is 2.64. The van der Waals surface area contributed by atoms with E-state index in [1.807, 2.05) is 0 Å². The van der Waals surface area contributed by atoms with Gasteiger partial charge >= 0.3 is 0 Å². The Hall–Kier alpha value is -0.510. The van der Waals surface area contributed by atoms with Crippen molar-refractivity contribution >= 4 is 11.8 Å². The molecular formula is C15H24N2S. The van der Waals surface area contributed by atoms with Gasteiger partial charge in [0.05, 0.1) is 0 Å². The molecule has 0 amide bonds. The van der Waals surface area contributed by atoms with E-state index in [1.54, 1.807) is 0 Å². The lowest BCUT2D eigenvalue weighted by Crippen LogP contribution is -2.38. The molecule has 2 N–H and O–H groups in total. The third kappa shape index (κ3) is 4.30. The summed E-state index contributed by atoms with van der Waals surface area (Å²) >= 11 is 2.09. The van der Waals surface area contributed by atoms with Crippen molar-refractivity contribution in [2.75, 3.05) is 24.6 Å². The second-order valence-electron chi connectivity index (χ2n) is 4.94. The number of rotatable bonds is 6. The van der Waals surface area contributed by atoms with E-state index in [2.05, 4.69) is 47.0 Å². The van der Waals surface area contributed by atoms with Gasteiger partial charge in [0.25, 0.3) is 0 Å².